The fourth-order valence-corrected chi connectivity index (χ4v) is 4.36. The number of anilines is 2. The summed E-state index contributed by atoms with van der Waals surface area (Å²) >= 11 is 6.44. The van der Waals surface area contributed by atoms with E-state index in [4.69, 9.17) is 26.1 Å². The van der Waals surface area contributed by atoms with Crippen LogP contribution in [0.1, 0.15) is 19.3 Å². The topological polar surface area (TPSA) is 97.4 Å². The van der Waals surface area contributed by atoms with Gasteiger partial charge in [-0.2, -0.15) is 0 Å². The van der Waals surface area contributed by atoms with Gasteiger partial charge < -0.3 is 25.4 Å². The summed E-state index contributed by atoms with van der Waals surface area (Å²) < 4.78 is 10.9. The molecule has 176 valence electrons. The maximum Gasteiger partial charge on any atom is 0.230 e. The van der Waals surface area contributed by atoms with E-state index in [0.717, 1.165) is 38.4 Å². The molecule has 2 aliphatic heterocycles. The number of nitrogens with one attached hydrogen (secondary N) is 3. The first-order chi connectivity index (χ1) is 16.1. The quantitative estimate of drug-likeness (QED) is 0.505. The van der Waals surface area contributed by atoms with Crippen LogP contribution in [0.15, 0.2) is 43.3 Å². The summed E-state index contributed by atoms with van der Waals surface area (Å²) in [5.41, 5.74) is 1.43. The number of hydrogen-bond acceptors (Lipinski definition) is 7. The van der Waals surface area contributed by atoms with E-state index in [9.17, 15) is 4.79 Å². The Bertz CT molecular complexity index is 967. The third-order valence-electron chi connectivity index (χ3n) is 6.01. The van der Waals surface area contributed by atoms with Crippen molar-refractivity contribution < 1.29 is 14.3 Å². The highest BCUT2D eigenvalue weighted by Gasteiger charge is 2.28. The SMILES string of the molecule is C=CO[C@H]1CNC[C@@H](C(=O)Nc2cc(-c3cccc(NCC4CCOCC4)n3)c(Cl)cn2)C1. The van der Waals surface area contributed by atoms with E-state index >= 15 is 0 Å². The summed E-state index contributed by atoms with van der Waals surface area (Å²) in [4.78, 5) is 21.8. The molecule has 2 atom stereocenters. The molecular formula is C24H30ClN5O3. The smallest absolute Gasteiger partial charge is 0.230 e. The van der Waals surface area contributed by atoms with Gasteiger partial charge in [-0.25, -0.2) is 9.97 Å². The molecular weight excluding hydrogens is 442 g/mol. The fraction of sp³-hybridized carbons (Fsp3) is 0.458. The second-order valence-corrected chi connectivity index (χ2v) is 8.81. The molecule has 2 aromatic rings. The van der Waals surface area contributed by atoms with Crippen LogP contribution in [0.25, 0.3) is 11.3 Å². The van der Waals surface area contributed by atoms with E-state index in [2.05, 4.69) is 27.5 Å². The summed E-state index contributed by atoms with van der Waals surface area (Å²) in [5.74, 6) is 1.48. The standard InChI is InChI=1S/C24H30ClN5O3/c1-2-33-18-10-17(13-26-14-18)24(31)30-23-11-19(20(25)15-28-23)21-4-3-5-22(29-21)27-12-16-6-8-32-9-7-16/h2-5,11,15-18,26H,1,6-10,12-14H2,(H,27,29)(H,28,30,31)/t17-,18+/m0/s1. The van der Waals surface area contributed by atoms with E-state index in [1.165, 1.54) is 6.26 Å². The van der Waals surface area contributed by atoms with Crippen molar-refractivity contribution in [3.63, 3.8) is 0 Å². The average Bonchev–Trinajstić information content (AvgIpc) is 2.85. The van der Waals surface area contributed by atoms with Gasteiger partial charge in [-0.1, -0.05) is 24.2 Å². The highest BCUT2D eigenvalue weighted by Crippen LogP contribution is 2.29. The van der Waals surface area contributed by atoms with E-state index in [1.807, 2.05) is 18.2 Å². The molecule has 4 heterocycles. The minimum atomic E-state index is -0.222. The van der Waals surface area contributed by atoms with Crippen molar-refractivity contribution in [2.75, 3.05) is 43.5 Å². The van der Waals surface area contributed by atoms with Gasteiger partial charge in [0.1, 0.15) is 17.7 Å². The lowest BCUT2D eigenvalue weighted by molar-refractivity contribution is -0.121. The second kappa shape index (κ2) is 11.4. The Morgan fingerprint density at radius 2 is 2.15 bits per heavy atom. The monoisotopic (exact) mass is 471 g/mol. The molecule has 0 unspecified atom stereocenters. The molecule has 0 bridgehead atoms. The highest BCUT2D eigenvalue weighted by molar-refractivity contribution is 6.33. The van der Waals surface area contributed by atoms with Crippen LogP contribution in [0.5, 0.6) is 0 Å². The average molecular weight is 472 g/mol. The van der Waals surface area contributed by atoms with Gasteiger partial charge in [0.05, 0.1) is 22.9 Å². The maximum absolute atomic E-state index is 12.8. The summed E-state index contributed by atoms with van der Waals surface area (Å²) in [6, 6.07) is 7.54. The van der Waals surface area contributed by atoms with Gasteiger partial charge >= 0.3 is 0 Å². The number of aromatic nitrogens is 2. The van der Waals surface area contributed by atoms with E-state index in [1.54, 1.807) is 12.3 Å². The van der Waals surface area contributed by atoms with Crippen LogP contribution >= 0.6 is 11.6 Å². The minimum Gasteiger partial charge on any atom is -0.497 e. The Hall–Kier alpha value is -2.68. The van der Waals surface area contributed by atoms with Gasteiger partial charge in [-0.05, 0) is 43.4 Å². The second-order valence-electron chi connectivity index (χ2n) is 8.40. The molecule has 0 radical (unpaired) electrons. The number of carbonyl (C=O) groups excluding carboxylic acids is 1. The number of amides is 1. The first-order valence-electron chi connectivity index (χ1n) is 11.3. The van der Waals surface area contributed by atoms with Crippen molar-refractivity contribution in [1.29, 1.82) is 0 Å². The molecule has 2 aliphatic rings. The third kappa shape index (κ3) is 6.43. The number of ether oxygens (including phenoxy) is 2. The predicted octanol–water partition coefficient (Wildman–Crippen LogP) is 3.71. The summed E-state index contributed by atoms with van der Waals surface area (Å²) in [7, 11) is 0. The fourth-order valence-electron chi connectivity index (χ4n) is 4.16. The lowest BCUT2D eigenvalue weighted by Crippen LogP contribution is -2.44. The molecule has 0 aliphatic carbocycles. The molecule has 33 heavy (non-hydrogen) atoms. The number of hydrogen-bond donors (Lipinski definition) is 3. The number of halogens is 1. The van der Waals surface area contributed by atoms with Crippen molar-refractivity contribution in [2.45, 2.75) is 25.4 Å². The van der Waals surface area contributed by atoms with Crippen LogP contribution in [0.3, 0.4) is 0 Å². The van der Waals surface area contributed by atoms with Crippen molar-refractivity contribution in [1.82, 2.24) is 15.3 Å². The third-order valence-corrected chi connectivity index (χ3v) is 6.32. The van der Waals surface area contributed by atoms with Crippen LogP contribution < -0.4 is 16.0 Å². The lowest BCUT2D eigenvalue weighted by atomic mass is 9.96. The van der Waals surface area contributed by atoms with Gasteiger partial charge in [0, 0.05) is 44.6 Å². The van der Waals surface area contributed by atoms with Gasteiger partial charge in [0.15, 0.2) is 0 Å². The van der Waals surface area contributed by atoms with Gasteiger partial charge in [0.2, 0.25) is 5.91 Å². The van der Waals surface area contributed by atoms with Crippen LogP contribution in [0, 0.1) is 11.8 Å². The largest absolute Gasteiger partial charge is 0.497 e. The first-order valence-corrected chi connectivity index (χ1v) is 11.7. The molecule has 2 fully saturated rings. The van der Waals surface area contributed by atoms with Gasteiger partial charge in [0.25, 0.3) is 0 Å². The maximum atomic E-state index is 12.8. The number of pyridine rings is 2. The molecule has 4 rings (SSSR count). The first kappa shape index (κ1) is 23.5. The number of rotatable bonds is 8. The van der Waals surface area contributed by atoms with Crippen molar-refractivity contribution in [2.24, 2.45) is 11.8 Å². The molecule has 2 aromatic heterocycles. The molecule has 9 heteroatoms. The van der Waals surface area contributed by atoms with Gasteiger partial charge in [-0.15, -0.1) is 0 Å². The summed E-state index contributed by atoms with van der Waals surface area (Å²) in [5, 5.41) is 10.0. The predicted molar refractivity (Wildman–Crippen MR) is 129 cm³/mol. The molecule has 3 N–H and O–H groups in total. The molecule has 1 amide bonds. The van der Waals surface area contributed by atoms with E-state index in [0.29, 0.717) is 47.5 Å². The molecule has 8 nitrogen and oxygen atoms in total. The van der Waals surface area contributed by atoms with Gasteiger partial charge in [-0.3, -0.25) is 4.79 Å². The Labute approximate surface area is 199 Å². The zero-order chi connectivity index (χ0) is 23.0. The van der Waals surface area contributed by atoms with Crippen molar-refractivity contribution >= 4 is 29.1 Å². The van der Waals surface area contributed by atoms with Crippen molar-refractivity contribution in [3.05, 3.63) is 48.3 Å². The lowest BCUT2D eigenvalue weighted by Gasteiger charge is -2.28. The number of piperidine rings is 1. The van der Waals surface area contributed by atoms with Crippen LogP contribution in [-0.2, 0) is 14.3 Å². The normalized spacial score (nSPS) is 21.2. The number of carbonyl (C=O) groups is 1. The Kier molecular flexibility index (Phi) is 8.15. The molecule has 0 aromatic carbocycles. The number of nitrogens with zero attached hydrogens (tertiary/aromatic N) is 2. The zero-order valence-electron chi connectivity index (χ0n) is 18.6. The summed E-state index contributed by atoms with van der Waals surface area (Å²) in [6.45, 7) is 7.38. The van der Waals surface area contributed by atoms with E-state index in [-0.39, 0.29) is 17.9 Å². The summed E-state index contributed by atoms with van der Waals surface area (Å²) in [6.07, 6.45) is 5.62. The van der Waals surface area contributed by atoms with E-state index < -0.39 is 0 Å². The Morgan fingerprint density at radius 3 is 2.97 bits per heavy atom. The highest BCUT2D eigenvalue weighted by atomic mass is 35.5. The van der Waals surface area contributed by atoms with Crippen LogP contribution in [-0.4, -0.2) is 54.8 Å². The molecule has 0 spiro atoms. The molecule has 0 saturated carbocycles. The van der Waals surface area contributed by atoms with Crippen molar-refractivity contribution in [3.8, 4) is 11.3 Å². The minimum absolute atomic E-state index is 0.0682. The zero-order valence-corrected chi connectivity index (χ0v) is 19.3. The Morgan fingerprint density at radius 1 is 1.30 bits per heavy atom. The van der Waals surface area contributed by atoms with Crippen LogP contribution in [0.4, 0.5) is 11.6 Å². The van der Waals surface area contributed by atoms with Crippen LogP contribution in [0.2, 0.25) is 5.02 Å². The molecule has 2 saturated heterocycles. The Balaban J connectivity index is 1.42.